The number of rotatable bonds is 5. The summed E-state index contributed by atoms with van der Waals surface area (Å²) < 4.78 is 2.34. The van der Waals surface area contributed by atoms with Crippen molar-refractivity contribution in [1.82, 2.24) is 14.5 Å². The smallest absolute Gasteiger partial charge is 0.225 e. The van der Waals surface area contributed by atoms with Crippen LogP contribution in [0.1, 0.15) is 50.5 Å². The van der Waals surface area contributed by atoms with E-state index in [1.807, 2.05) is 6.20 Å². The molecule has 0 spiro atoms. The molecule has 0 N–H and O–H groups in total. The van der Waals surface area contributed by atoms with Gasteiger partial charge in [0.2, 0.25) is 5.91 Å². The molecule has 0 radical (unpaired) electrons. The van der Waals surface area contributed by atoms with Crippen LogP contribution in [-0.4, -0.2) is 33.4 Å². The van der Waals surface area contributed by atoms with Gasteiger partial charge in [-0.1, -0.05) is 13.3 Å². The van der Waals surface area contributed by atoms with Crippen LogP contribution in [-0.2, 0) is 17.8 Å². The quantitative estimate of drug-likeness (QED) is 0.836. The normalized spacial score (nSPS) is 22.6. The van der Waals surface area contributed by atoms with E-state index in [1.165, 1.54) is 17.9 Å². The zero-order chi connectivity index (χ0) is 14.8. The lowest BCUT2D eigenvalue weighted by atomic mass is 9.84. The molecule has 3 rings (SSSR count). The second-order valence-corrected chi connectivity index (χ2v) is 6.74. The fourth-order valence-electron chi connectivity index (χ4n) is 3.57. The average Bonchev–Trinajstić information content (AvgIpc) is 2.99. The Morgan fingerprint density at radius 3 is 2.86 bits per heavy atom. The summed E-state index contributed by atoms with van der Waals surface area (Å²) in [6.07, 6.45) is 8.73. The van der Waals surface area contributed by atoms with Gasteiger partial charge in [-0.3, -0.25) is 4.79 Å². The first-order valence-corrected chi connectivity index (χ1v) is 8.48. The first-order valence-electron chi connectivity index (χ1n) is 8.48. The number of carbonyl (C=O) groups is 1. The molecule has 2 fully saturated rings. The van der Waals surface area contributed by atoms with E-state index in [0.717, 1.165) is 51.7 Å². The van der Waals surface area contributed by atoms with Gasteiger partial charge in [-0.2, -0.15) is 0 Å². The Morgan fingerprint density at radius 2 is 2.19 bits per heavy atom. The molecule has 2 aliphatic rings. The van der Waals surface area contributed by atoms with E-state index in [4.69, 9.17) is 0 Å². The van der Waals surface area contributed by atoms with Gasteiger partial charge in [0.25, 0.3) is 0 Å². The minimum atomic E-state index is 0.341. The average molecular weight is 289 g/mol. The molecule has 1 saturated carbocycles. The third kappa shape index (κ3) is 2.99. The summed E-state index contributed by atoms with van der Waals surface area (Å²) in [6, 6.07) is 0. The van der Waals surface area contributed by atoms with Crippen LogP contribution in [0.4, 0.5) is 0 Å². The third-order valence-corrected chi connectivity index (χ3v) is 5.11. The van der Waals surface area contributed by atoms with Gasteiger partial charge in [0.1, 0.15) is 5.82 Å². The number of hydrogen-bond acceptors (Lipinski definition) is 2. The van der Waals surface area contributed by atoms with E-state index in [0.29, 0.717) is 17.7 Å². The second-order valence-electron chi connectivity index (χ2n) is 6.74. The van der Waals surface area contributed by atoms with Gasteiger partial charge in [-0.25, -0.2) is 4.98 Å². The number of aromatic nitrogens is 2. The number of nitrogens with zero attached hydrogens (tertiary/aromatic N) is 3. The summed E-state index contributed by atoms with van der Waals surface area (Å²) in [5.74, 6) is 2.55. The first-order chi connectivity index (χ1) is 10.2. The fraction of sp³-hybridized carbons (Fsp3) is 0.765. The molecule has 2 heterocycles. The summed E-state index contributed by atoms with van der Waals surface area (Å²) in [6.45, 7) is 7.28. The third-order valence-electron chi connectivity index (χ3n) is 5.11. The zero-order valence-corrected chi connectivity index (χ0v) is 13.3. The van der Waals surface area contributed by atoms with E-state index < -0.39 is 0 Å². The van der Waals surface area contributed by atoms with Gasteiger partial charge in [0, 0.05) is 43.9 Å². The maximum atomic E-state index is 12.3. The van der Waals surface area contributed by atoms with Gasteiger partial charge < -0.3 is 9.47 Å². The summed E-state index contributed by atoms with van der Waals surface area (Å²) in [5, 5.41) is 0. The summed E-state index contributed by atoms with van der Waals surface area (Å²) in [5.41, 5.74) is 1.26. The van der Waals surface area contributed by atoms with E-state index in [1.54, 1.807) is 0 Å². The molecule has 4 heteroatoms. The van der Waals surface area contributed by atoms with Crippen LogP contribution < -0.4 is 0 Å². The van der Waals surface area contributed by atoms with E-state index in [-0.39, 0.29) is 0 Å². The van der Waals surface area contributed by atoms with Crippen molar-refractivity contribution in [2.75, 3.05) is 13.1 Å². The number of likely N-dealkylation sites (tertiary alicyclic amines) is 1. The monoisotopic (exact) mass is 289 g/mol. The molecule has 1 unspecified atom stereocenters. The second kappa shape index (κ2) is 6.20. The molecule has 1 aliphatic heterocycles. The summed E-state index contributed by atoms with van der Waals surface area (Å²) >= 11 is 0. The Balaban J connectivity index is 1.58. The van der Waals surface area contributed by atoms with Crippen LogP contribution in [0.25, 0.3) is 0 Å². The minimum Gasteiger partial charge on any atom is -0.342 e. The van der Waals surface area contributed by atoms with Crippen molar-refractivity contribution < 1.29 is 4.79 Å². The Morgan fingerprint density at radius 1 is 1.38 bits per heavy atom. The van der Waals surface area contributed by atoms with Gasteiger partial charge in [0.05, 0.1) is 0 Å². The van der Waals surface area contributed by atoms with Crippen molar-refractivity contribution in [3.05, 3.63) is 17.7 Å². The van der Waals surface area contributed by atoms with Crippen LogP contribution >= 0.6 is 0 Å². The molecule has 1 aliphatic carbocycles. The number of aryl methyl sites for hydroxylation is 1. The number of imidazole rings is 1. The number of hydrogen-bond donors (Lipinski definition) is 0. The fourth-order valence-corrected chi connectivity index (χ4v) is 3.57. The molecule has 1 atom stereocenters. The van der Waals surface area contributed by atoms with E-state index in [2.05, 4.69) is 28.3 Å². The largest absolute Gasteiger partial charge is 0.342 e. The number of amides is 1. The molecule has 1 aromatic heterocycles. The molecular weight excluding hydrogens is 262 g/mol. The molecular formula is C17H27N3O. The van der Waals surface area contributed by atoms with Gasteiger partial charge in [-0.15, -0.1) is 0 Å². The molecule has 1 aromatic rings. The predicted octanol–water partition coefficient (Wildman–Crippen LogP) is 2.79. The maximum absolute atomic E-state index is 12.3. The lowest BCUT2D eigenvalue weighted by Gasteiger charge is -2.29. The maximum Gasteiger partial charge on any atom is 0.225 e. The highest BCUT2D eigenvalue weighted by Crippen LogP contribution is 2.31. The molecule has 0 bridgehead atoms. The van der Waals surface area contributed by atoms with Gasteiger partial charge in [0.15, 0.2) is 0 Å². The Bertz CT molecular complexity index is 504. The van der Waals surface area contributed by atoms with Gasteiger partial charge >= 0.3 is 0 Å². The van der Waals surface area contributed by atoms with Gasteiger partial charge in [-0.05, 0) is 38.5 Å². The molecule has 21 heavy (non-hydrogen) atoms. The molecule has 116 valence electrons. The zero-order valence-electron chi connectivity index (χ0n) is 13.3. The SMILES string of the molecule is CCCn1c(C)cnc1CC1CCN(C(=O)C2CCC2)C1. The lowest BCUT2D eigenvalue weighted by Crippen LogP contribution is -2.37. The van der Waals surface area contributed by atoms with Crippen molar-refractivity contribution in [1.29, 1.82) is 0 Å². The van der Waals surface area contributed by atoms with Crippen molar-refractivity contribution >= 4 is 5.91 Å². The van der Waals surface area contributed by atoms with Crippen LogP contribution in [0.15, 0.2) is 6.20 Å². The summed E-state index contributed by atoms with van der Waals surface area (Å²) in [7, 11) is 0. The predicted molar refractivity (Wildman–Crippen MR) is 83.0 cm³/mol. The highest BCUT2D eigenvalue weighted by atomic mass is 16.2. The molecule has 1 amide bonds. The Hall–Kier alpha value is -1.32. The van der Waals surface area contributed by atoms with E-state index in [9.17, 15) is 4.79 Å². The lowest BCUT2D eigenvalue weighted by molar-refractivity contribution is -0.137. The topological polar surface area (TPSA) is 38.1 Å². The van der Waals surface area contributed by atoms with Crippen LogP contribution in [0.5, 0.6) is 0 Å². The molecule has 0 aromatic carbocycles. The van der Waals surface area contributed by atoms with Crippen LogP contribution in [0, 0.1) is 18.8 Å². The Labute approximate surface area is 127 Å². The van der Waals surface area contributed by atoms with Crippen molar-refractivity contribution in [2.24, 2.45) is 11.8 Å². The minimum absolute atomic E-state index is 0.341. The number of carbonyl (C=O) groups excluding carboxylic acids is 1. The van der Waals surface area contributed by atoms with Crippen molar-refractivity contribution in [3.8, 4) is 0 Å². The first kappa shape index (κ1) is 14.6. The molecule has 4 nitrogen and oxygen atoms in total. The van der Waals surface area contributed by atoms with Crippen molar-refractivity contribution in [3.63, 3.8) is 0 Å². The Kier molecular flexibility index (Phi) is 4.32. The van der Waals surface area contributed by atoms with Crippen molar-refractivity contribution in [2.45, 2.75) is 58.9 Å². The van der Waals surface area contributed by atoms with E-state index >= 15 is 0 Å². The van der Waals surface area contributed by atoms with Crippen LogP contribution in [0.2, 0.25) is 0 Å². The van der Waals surface area contributed by atoms with Crippen LogP contribution in [0.3, 0.4) is 0 Å². The standard InChI is InChI=1S/C17H27N3O/c1-3-8-20-13(2)11-18-16(20)10-14-7-9-19(12-14)17(21)15-5-4-6-15/h11,14-15H,3-10,12H2,1-2H3. The summed E-state index contributed by atoms with van der Waals surface area (Å²) in [4.78, 5) is 19.0. The highest BCUT2D eigenvalue weighted by Gasteiger charge is 2.34. The highest BCUT2D eigenvalue weighted by molar-refractivity contribution is 5.79. The molecule has 1 saturated heterocycles.